The van der Waals surface area contributed by atoms with E-state index < -0.39 is 10.0 Å². The minimum absolute atomic E-state index is 0.0216. The van der Waals surface area contributed by atoms with Gasteiger partial charge < -0.3 is 9.67 Å². The number of rotatable bonds is 3. The van der Waals surface area contributed by atoms with Crippen molar-refractivity contribution < 1.29 is 13.5 Å². The zero-order chi connectivity index (χ0) is 15.5. The van der Waals surface area contributed by atoms with Crippen LogP contribution in [0.4, 0.5) is 5.69 Å². The van der Waals surface area contributed by atoms with Crippen molar-refractivity contribution in [2.75, 3.05) is 11.3 Å². The topological polar surface area (TPSA) is 84.2 Å². The average Bonchev–Trinajstić information content (AvgIpc) is 2.78. The third kappa shape index (κ3) is 3.62. The molecule has 0 aliphatic carbocycles. The van der Waals surface area contributed by atoms with E-state index in [2.05, 4.69) is 21.5 Å². The number of aliphatic hydroxyl groups is 1. The normalized spacial score (nSPS) is 10.8. The number of aliphatic hydroxyl groups excluding tert-OH is 1. The van der Waals surface area contributed by atoms with Gasteiger partial charge in [-0.3, -0.25) is 4.72 Å². The second kappa shape index (κ2) is 5.99. The molecule has 0 saturated carbocycles. The molecule has 0 spiro atoms. The van der Waals surface area contributed by atoms with Crippen LogP contribution in [0.2, 0.25) is 0 Å². The molecular weight excluding hydrogens is 290 g/mol. The lowest BCUT2D eigenvalue weighted by atomic mass is 10.2. The molecule has 0 aliphatic heterocycles. The highest BCUT2D eigenvalue weighted by molar-refractivity contribution is 7.92. The highest BCUT2D eigenvalue weighted by atomic mass is 32.2. The number of aromatic nitrogens is 2. The highest BCUT2D eigenvalue weighted by Crippen LogP contribution is 2.15. The van der Waals surface area contributed by atoms with Crippen LogP contribution in [-0.2, 0) is 17.1 Å². The molecule has 0 amide bonds. The molecule has 1 aromatic heterocycles. The minimum Gasteiger partial charge on any atom is -0.384 e. The van der Waals surface area contributed by atoms with Gasteiger partial charge in [0.05, 0.1) is 0 Å². The Balaban J connectivity index is 2.20. The van der Waals surface area contributed by atoms with Crippen molar-refractivity contribution >= 4 is 15.7 Å². The second-order valence-corrected chi connectivity index (χ2v) is 6.01. The molecule has 0 saturated heterocycles. The number of hydrogen-bond donors (Lipinski definition) is 2. The average molecular weight is 305 g/mol. The predicted octanol–water partition coefficient (Wildman–Crippen LogP) is 0.873. The molecule has 2 N–H and O–H groups in total. The van der Waals surface area contributed by atoms with Crippen molar-refractivity contribution in [3.8, 4) is 11.8 Å². The number of hydrogen-bond acceptors (Lipinski definition) is 4. The molecule has 0 radical (unpaired) electrons. The van der Waals surface area contributed by atoms with Crippen molar-refractivity contribution in [2.24, 2.45) is 7.05 Å². The molecular formula is C14H15N3O3S. The Morgan fingerprint density at radius 2 is 2.00 bits per heavy atom. The first kappa shape index (κ1) is 15.1. The van der Waals surface area contributed by atoms with Crippen molar-refractivity contribution in [1.82, 2.24) is 9.55 Å². The highest BCUT2D eigenvalue weighted by Gasteiger charge is 2.18. The van der Waals surface area contributed by atoms with Crippen LogP contribution in [0.3, 0.4) is 0 Å². The van der Waals surface area contributed by atoms with E-state index in [0.717, 1.165) is 0 Å². The first-order valence-electron chi connectivity index (χ1n) is 6.15. The van der Waals surface area contributed by atoms with Gasteiger partial charge in [0.2, 0.25) is 0 Å². The Morgan fingerprint density at radius 1 is 1.33 bits per heavy atom. The van der Waals surface area contributed by atoms with Crippen molar-refractivity contribution in [2.45, 2.75) is 11.9 Å². The first-order chi connectivity index (χ1) is 9.92. The Bertz CT molecular complexity index is 777. The maximum Gasteiger partial charge on any atom is 0.280 e. The molecule has 1 aromatic carbocycles. The fourth-order valence-electron chi connectivity index (χ4n) is 1.63. The monoisotopic (exact) mass is 305 g/mol. The summed E-state index contributed by atoms with van der Waals surface area (Å²) in [5.74, 6) is 5.87. The van der Waals surface area contributed by atoms with Gasteiger partial charge in [-0.15, -0.1) is 0 Å². The van der Waals surface area contributed by atoms with E-state index >= 15 is 0 Å². The maximum absolute atomic E-state index is 12.2. The Hall–Kier alpha value is -2.30. The van der Waals surface area contributed by atoms with Crippen LogP contribution in [0.25, 0.3) is 0 Å². The summed E-state index contributed by atoms with van der Waals surface area (Å²) in [6.07, 6.45) is 1.46. The van der Waals surface area contributed by atoms with Crippen LogP contribution in [0.1, 0.15) is 11.4 Å². The smallest absolute Gasteiger partial charge is 0.280 e. The van der Waals surface area contributed by atoms with Crippen LogP contribution < -0.4 is 4.72 Å². The van der Waals surface area contributed by atoms with E-state index in [1.807, 2.05) is 0 Å². The van der Waals surface area contributed by atoms with Gasteiger partial charge in [0, 0.05) is 24.5 Å². The van der Waals surface area contributed by atoms with Crippen LogP contribution >= 0.6 is 0 Å². The van der Waals surface area contributed by atoms with Crippen molar-refractivity contribution in [3.05, 3.63) is 41.9 Å². The second-order valence-electron chi connectivity index (χ2n) is 4.38. The third-order valence-electron chi connectivity index (χ3n) is 2.81. The summed E-state index contributed by atoms with van der Waals surface area (Å²) in [5.41, 5.74) is 1.12. The number of nitrogens with zero attached hydrogens (tertiary/aromatic N) is 2. The lowest BCUT2D eigenvalue weighted by Crippen LogP contribution is -2.13. The lowest BCUT2D eigenvalue weighted by molar-refractivity contribution is 0.350. The third-order valence-corrected chi connectivity index (χ3v) is 4.06. The quantitative estimate of drug-likeness (QED) is 0.824. The van der Waals surface area contributed by atoms with Gasteiger partial charge in [0.15, 0.2) is 5.03 Å². The number of sulfonamides is 1. The number of imidazole rings is 1. The van der Waals surface area contributed by atoms with Crippen molar-refractivity contribution in [1.29, 1.82) is 0 Å². The van der Waals surface area contributed by atoms with Gasteiger partial charge >= 0.3 is 0 Å². The number of anilines is 1. The standard InChI is InChI=1S/C14H15N3O3S/c1-11-15-14(10-17(11)2)21(19,20)16-13-7-5-12(6-8-13)4-3-9-18/h5-8,10,16,18H,9H2,1-2H3. The van der Waals surface area contributed by atoms with E-state index in [1.54, 1.807) is 42.8 Å². The van der Waals surface area contributed by atoms with E-state index in [1.165, 1.54) is 6.20 Å². The minimum atomic E-state index is -3.70. The van der Waals surface area contributed by atoms with E-state index in [0.29, 0.717) is 17.1 Å². The molecule has 6 nitrogen and oxygen atoms in total. The van der Waals surface area contributed by atoms with Gasteiger partial charge in [0.25, 0.3) is 10.0 Å². The molecule has 0 atom stereocenters. The Morgan fingerprint density at radius 3 is 2.52 bits per heavy atom. The van der Waals surface area contributed by atoms with E-state index in [-0.39, 0.29) is 11.6 Å². The molecule has 110 valence electrons. The summed E-state index contributed by atoms with van der Waals surface area (Å²) in [5, 5.41) is 8.59. The van der Waals surface area contributed by atoms with Crippen LogP contribution in [-0.4, -0.2) is 29.7 Å². The van der Waals surface area contributed by atoms with E-state index in [4.69, 9.17) is 5.11 Å². The molecule has 21 heavy (non-hydrogen) atoms. The Labute approximate surface area is 123 Å². The number of aryl methyl sites for hydroxylation is 2. The Kier molecular flexibility index (Phi) is 4.31. The predicted molar refractivity (Wildman–Crippen MR) is 79.2 cm³/mol. The molecule has 1 heterocycles. The van der Waals surface area contributed by atoms with Crippen LogP contribution in [0.5, 0.6) is 0 Å². The molecule has 2 aromatic rings. The molecule has 0 fully saturated rings. The summed E-state index contributed by atoms with van der Waals surface area (Å²) < 4.78 is 28.5. The van der Waals surface area contributed by atoms with Gasteiger partial charge in [-0.2, -0.15) is 8.42 Å². The summed E-state index contributed by atoms with van der Waals surface area (Å²) in [6, 6.07) is 6.55. The van der Waals surface area contributed by atoms with Gasteiger partial charge in [-0.25, -0.2) is 4.98 Å². The first-order valence-corrected chi connectivity index (χ1v) is 7.63. The van der Waals surface area contributed by atoms with Gasteiger partial charge in [0.1, 0.15) is 12.4 Å². The summed E-state index contributed by atoms with van der Waals surface area (Å²) in [6.45, 7) is 1.51. The number of benzene rings is 1. The lowest BCUT2D eigenvalue weighted by Gasteiger charge is -2.05. The maximum atomic E-state index is 12.2. The zero-order valence-electron chi connectivity index (χ0n) is 11.7. The van der Waals surface area contributed by atoms with Crippen LogP contribution in [0, 0.1) is 18.8 Å². The van der Waals surface area contributed by atoms with Gasteiger partial charge in [-0.1, -0.05) is 11.8 Å². The fourth-order valence-corrected chi connectivity index (χ4v) is 2.73. The summed E-state index contributed by atoms with van der Waals surface area (Å²) in [7, 11) is -1.97. The van der Waals surface area contributed by atoms with Crippen LogP contribution in [0.15, 0.2) is 35.5 Å². The van der Waals surface area contributed by atoms with Gasteiger partial charge in [-0.05, 0) is 31.2 Å². The largest absolute Gasteiger partial charge is 0.384 e. The summed E-state index contributed by atoms with van der Waals surface area (Å²) in [4.78, 5) is 4.00. The number of nitrogens with one attached hydrogen (secondary N) is 1. The van der Waals surface area contributed by atoms with Crippen molar-refractivity contribution in [3.63, 3.8) is 0 Å². The zero-order valence-corrected chi connectivity index (χ0v) is 12.5. The summed E-state index contributed by atoms with van der Waals surface area (Å²) >= 11 is 0. The SMILES string of the molecule is Cc1nc(S(=O)(=O)Nc2ccc(C#CCO)cc2)cn1C. The molecule has 0 aliphatic rings. The molecule has 0 unspecified atom stereocenters. The van der Waals surface area contributed by atoms with E-state index in [9.17, 15) is 8.42 Å². The molecule has 7 heteroatoms. The molecule has 2 rings (SSSR count). The molecule has 0 bridgehead atoms. The fraction of sp³-hybridized carbons (Fsp3) is 0.214.